The van der Waals surface area contributed by atoms with Crippen molar-refractivity contribution in [2.75, 3.05) is 19.5 Å². The third kappa shape index (κ3) is 2.53. The molecule has 0 saturated heterocycles. The summed E-state index contributed by atoms with van der Waals surface area (Å²) in [5.41, 5.74) is 0. The highest BCUT2D eigenvalue weighted by molar-refractivity contribution is 9.10. The summed E-state index contributed by atoms with van der Waals surface area (Å²) in [6.45, 7) is 0. The molecule has 1 N–H and O–H groups in total. The molecule has 1 aromatic carbocycles. The van der Waals surface area contributed by atoms with Gasteiger partial charge in [0, 0.05) is 7.05 Å². The van der Waals surface area contributed by atoms with Crippen LogP contribution in [0.4, 0.5) is 5.82 Å². The minimum absolute atomic E-state index is 0.429. The van der Waals surface area contributed by atoms with E-state index in [4.69, 9.17) is 9.47 Å². The molecule has 0 aliphatic rings. The molecule has 2 aromatic rings. The van der Waals surface area contributed by atoms with E-state index in [1.54, 1.807) is 14.2 Å². The van der Waals surface area contributed by atoms with Crippen LogP contribution >= 0.6 is 15.9 Å². The number of methoxy groups -OCH3 is 1. The molecule has 0 bridgehead atoms. The van der Waals surface area contributed by atoms with E-state index >= 15 is 0 Å². The van der Waals surface area contributed by atoms with Crippen LogP contribution in [-0.4, -0.2) is 24.1 Å². The maximum absolute atomic E-state index is 5.71. The molecule has 0 amide bonds. The zero-order chi connectivity index (χ0) is 13.0. The fraction of sp³-hybridized carbons (Fsp3) is 0.167. The van der Waals surface area contributed by atoms with Crippen LogP contribution in [0.2, 0.25) is 0 Å². The summed E-state index contributed by atoms with van der Waals surface area (Å²) in [4.78, 5) is 8.14. The predicted octanol–water partition coefficient (Wildman–Crippen LogP) is 3.08. The number of hydrogen-bond donors (Lipinski definition) is 1. The number of nitrogens with one attached hydrogen (secondary N) is 1. The number of aromatic nitrogens is 2. The maximum atomic E-state index is 5.71. The summed E-state index contributed by atoms with van der Waals surface area (Å²) in [5, 5.41) is 2.94. The lowest BCUT2D eigenvalue weighted by atomic mass is 10.3. The van der Waals surface area contributed by atoms with Crippen molar-refractivity contribution in [1.29, 1.82) is 0 Å². The molecule has 2 rings (SSSR count). The van der Waals surface area contributed by atoms with E-state index in [1.807, 2.05) is 24.3 Å². The van der Waals surface area contributed by atoms with Crippen LogP contribution in [0.15, 0.2) is 35.1 Å². The number of nitrogens with zero attached hydrogens (tertiary/aromatic N) is 2. The van der Waals surface area contributed by atoms with E-state index in [0.29, 0.717) is 27.7 Å². The van der Waals surface area contributed by atoms with Gasteiger partial charge in [0.1, 0.15) is 16.6 Å². The molecule has 18 heavy (non-hydrogen) atoms. The Morgan fingerprint density at radius 2 is 1.89 bits per heavy atom. The monoisotopic (exact) mass is 309 g/mol. The van der Waals surface area contributed by atoms with Crippen LogP contribution in [0.25, 0.3) is 0 Å². The number of rotatable bonds is 4. The van der Waals surface area contributed by atoms with E-state index in [-0.39, 0.29) is 0 Å². The van der Waals surface area contributed by atoms with Gasteiger partial charge in [0.2, 0.25) is 5.88 Å². The number of para-hydroxylation sites is 2. The fourth-order valence-corrected chi connectivity index (χ4v) is 1.89. The van der Waals surface area contributed by atoms with E-state index < -0.39 is 0 Å². The highest BCUT2D eigenvalue weighted by Crippen LogP contribution is 2.35. The largest absolute Gasteiger partial charge is 0.493 e. The number of hydrogen-bond acceptors (Lipinski definition) is 5. The maximum Gasteiger partial charge on any atom is 0.239 e. The van der Waals surface area contributed by atoms with Gasteiger partial charge in [-0.05, 0) is 28.1 Å². The van der Waals surface area contributed by atoms with Gasteiger partial charge >= 0.3 is 0 Å². The Morgan fingerprint density at radius 1 is 1.17 bits per heavy atom. The fourth-order valence-electron chi connectivity index (χ4n) is 1.41. The van der Waals surface area contributed by atoms with Crippen molar-refractivity contribution in [2.45, 2.75) is 0 Å². The average molecular weight is 310 g/mol. The van der Waals surface area contributed by atoms with E-state index in [1.165, 1.54) is 6.33 Å². The smallest absolute Gasteiger partial charge is 0.239 e. The van der Waals surface area contributed by atoms with Gasteiger partial charge in [0.15, 0.2) is 11.5 Å². The van der Waals surface area contributed by atoms with Gasteiger partial charge in [-0.1, -0.05) is 12.1 Å². The first-order valence-electron chi connectivity index (χ1n) is 5.25. The molecular formula is C12H12BrN3O2. The minimum Gasteiger partial charge on any atom is -0.493 e. The zero-order valence-electron chi connectivity index (χ0n) is 9.98. The third-order valence-electron chi connectivity index (χ3n) is 2.27. The van der Waals surface area contributed by atoms with Gasteiger partial charge in [-0.15, -0.1) is 0 Å². The van der Waals surface area contributed by atoms with Crippen LogP contribution < -0.4 is 14.8 Å². The van der Waals surface area contributed by atoms with Crippen molar-refractivity contribution in [1.82, 2.24) is 9.97 Å². The van der Waals surface area contributed by atoms with Crippen LogP contribution in [0.3, 0.4) is 0 Å². The van der Waals surface area contributed by atoms with Crippen molar-refractivity contribution < 1.29 is 9.47 Å². The van der Waals surface area contributed by atoms with Crippen molar-refractivity contribution in [2.24, 2.45) is 0 Å². The molecule has 0 unspecified atom stereocenters. The second-order valence-electron chi connectivity index (χ2n) is 3.34. The Morgan fingerprint density at radius 3 is 2.56 bits per heavy atom. The normalized spacial score (nSPS) is 9.94. The molecule has 0 saturated carbocycles. The highest BCUT2D eigenvalue weighted by Gasteiger charge is 2.11. The minimum atomic E-state index is 0.429. The second kappa shape index (κ2) is 5.68. The Labute approximate surface area is 113 Å². The lowest BCUT2D eigenvalue weighted by Crippen LogP contribution is -1.98. The number of halogens is 1. The lowest BCUT2D eigenvalue weighted by Gasteiger charge is -2.11. The van der Waals surface area contributed by atoms with Crippen molar-refractivity contribution in [3.8, 4) is 17.4 Å². The topological polar surface area (TPSA) is 56.3 Å². The Balaban J connectivity index is 2.34. The van der Waals surface area contributed by atoms with Gasteiger partial charge < -0.3 is 14.8 Å². The lowest BCUT2D eigenvalue weighted by molar-refractivity contribution is 0.373. The SMILES string of the molecule is CNc1ncnc(Oc2ccccc2OC)c1Br. The Bertz CT molecular complexity index is 549. The number of ether oxygens (including phenoxy) is 2. The number of anilines is 1. The van der Waals surface area contributed by atoms with Crippen LogP contribution in [-0.2, 0) is 0 Å². The summed E-state index contributed by atoms with van der Waals surface area (Å²) in [5.74, 6) is 2.34. The highest BCUT2D eigenvalue weighted by atomic mass is 79.9. The molecule has 1 aromatic heterocycles. The van der Waals surface area contributed by atoms with Gasteiger partial charge in [0.05, 0.1) is 7.11 Å². The summed E-state index contributed by atoms with van der Waals surface area (Å²) in [6.07, 6.45) is 1.43. The molecule has 1 heterocycles. The molecule has 6 heteroatoms. The van der Waals surface area contributed by atoms with Crippen LogP contribution in [0.1, 0.15) is 0 Å². The van der Waals surface area contributed by atoms with Gasteiger partial charge in [-0.3, -0.25) is 0 Å². The average Bonchev–Trinajstić information content (AvgIpc) is 2.42. The van der Waals surface area contributed by atoms with Crippen molar-refractivity contribution in [3.63, 3.8) is 0 Å². The Hall–Kier alpha value is -1.82. The van der Waals surface area contributed by atoms with Crippen molar-refractivity contribution >= 4 is 21.7 Å². The summed E-state index contributed by atoms with van der Waals surface area (Å²) in [6, 6.07) is 7.38. The number of benzene rings is 1. The van der Waals surface area contributed by atoms with E-state index in [0.717, 1.165) is 0 Å². The molecule has 5 nitrogen and oxygen atoms in total. The molecule has 0 atom stereocenters. The first-order valence-corrected chi connectivity index (χ1v) is 6.04. The molecule has 0 radical (unpaired) electrons. The predicted molar refractivity (Wildman–Crippen MR) is 72.3 cm³/mol. The second-order valence-corrected chi connectivity index (χ2v) is 4.14. The Kier molecular flexibility index (Phi) is 3.99. The van der Waals surface area contributed by atoms with Gasteiger partial charge in [-0.25, -0.2) is 9.97 Å². The molecule has 0 aliphatic heterocycles. The molecular weight excluding hydrogens is 298 g/mol. The molecule has 0 fully saturated rings. The standard InChI is InChI=1S/C12H12BrN3O2/c1-14-11-10(13)12(16-7-15-11)18-9-6-4-3-5-8(9)17-2/h3-7H,1-2H3,(H,14,15,16). The van der Waals surface area contributed by atoms with Crippen molar-refractivity contribution in [3.05, 3.63) is 35.1 Å². The van der Waals surface area contributed by atoms with E-state index in [2.05, 4.69) is 31.2 Å². The summed E-state index contributed by atoms with van der Waals surface area (Å²) in [7, 11) is 3.37. The summed E-state index contributed by atoms with van der Waals surface area (Å²) < 4.78 is 11.6. The van der Waals surface area contributed by atoms with Gasteiger partial charge in [0.25, 0.3) is 0 Å². The zero-order valence-corrected chi connectivity index (χ0v) is 11.6. The quantitative estimate of drug-likeness (QED) is 0.940. The summed E-state index contributed by atoms with van der Waals surface area (Å²) >= 11 is 3.39. The van der Waals surface area contributed by atoms with Crippen LogP contribution in [0, 0.1) is 0 Å². The molecule has 0 spiro atoms. The van der Waals surface area contributed by atoms with Gasteiger partial charge in [-0.2, -0.15) is 0 Å². The first-order chi connectivity index (χ1) is 8.76. The van der Waals surface area contributed by atoms with E-state index in [9.17, 15) is 0 Å². The molecule has 0 aliphatic carbocycles. The first kappa shape index (κ1) is 12.6. The third-order valence-corrected chi connectivity index (χ3v) is 2.98. The van der Waals surface area contributed by atoms with Crippen LogP contribution in [0.5, 0.6) is 17.4 Å². The molecule has 94 valence electrons.